The number of fused-ring (bicyclic) bond motifs is 9. The van der Waals surface area contributed by atoms with Gasteiger partial charge < -0.3 is 13.4 Å². The van der Waals surface area contributed by atoms with E-state index in [0.29, 0.717) is 17.5 Å². The molecule has 57 heavy (non-hydrogen) atoms. The summed E-state index contributed by atoms with van der Waals surface area (Å²) in [5, 5.41) is 6.46. The van der Waals surface area contributed by atoms with Gasteiger partial charge in [-0.05, 0) is 59.7 Å². The maximum Gasteiger partial charge on any atom is 0.164 e. The van der Waals surface area contributed by atoms with E-state index in [1.165, 1.54) is 5.39 Å². The predicted octanol–water partition coefficient (Wildman–Crippen LogP) is 13.5. The topological polar surface area (TPSA) is 69.9 Å². The number of hydrogen-bond donors (Lipinski definition) is 0. The Bertz CT molecular complexity index is 3460. The lowest BCUT2D eigenvalue weighted by molar-refractivity contribution is 0.666. The molecule has 4 aromatic heterocycles. The Morgan fingerprint density at radius 1 is 0.509 bits per heavy atom. The van der Waals surface area contributed by atoms with E-state index in [9.17, 15) is 0 Å². The molecule has 11 aromatic rings. The van der Waals surface area contributed by atoms with Crippen molar-refractivity contribution in [3.05, 3.63) is 189 Å². The SMILES string of the molecule is C=C/C=C(\C=C)c1nc(-c2ccccc2)nc(-c2cccc3oc4ccc(-c5ccc6c(c5)c5ccccc5n6-c5cccc6c5oc5ccccc56)cc4c23)n1. The highest BCUT2D eigenvalue weighted by Gasteiger charge is 2.20. The van der Waals surface area contributed by atoms with Crippen LogP contribution < -0.4 is 0 Å². The van der Waals surface area contributed by atoms with Crippen LogP contribution in [0.4, 0.5) is 0 Å². The van der Waals surface area contributed by atoms with Crippen molar-refractivity contribution < 1.29 is 8.83 Å². The zero-order chi connectivity index (χ0) is 38.0. The summed E-state index contributed by atoms with van der Waals surface area (Å²) < 4.78 is 15.3. The van der Waals surface area contributed by atoms with Gasteiger partial charge in [-0.3, -0.25) is 0 Å². The molecule has 6 heteroatoms. The van der Waals surface area contributed by atoms with Crippen LogP contribution in [0.15, 0.2) is 192 Å². The zero-order valence-electron chi connectivity index (χ0n) is 30.7. The second-order valence-electron chi connectivity index (χ2n) is 14.1. The largest absolute Gasteiger partial charge is 0.456 e. The van der Waals surface area contributed by atoms with Gasteiger partial charge in [0.25, 0.3) is 0 Å². The van der Waals surface area contributed by atoms with Crippen molar-refractivity contribution in [2.45, 2.75) is 0 Å². The third kappa shape index (κ3) is 5.15. The number of rotatable bonds is 7. The average Bonchev–Trinajstić information content (AvgIpc) is 3.95. The molecule has 0 atom stereocenters. The van der Waals surface area contributed by atoms with Gasteiger partial charge in [0.2, 0.25) is 0 Å². The van der Waals surface area contributed by atoms with E-state index in [2.05, 4.69) is 109 Å². The summed E-state index contributed by atoms with van der Waals surface area (Å²) in [6.45, 7) is 7.91. The molecule has 268 valence electrons. The third-order valence-corrected chi connectivity index (χ3v) is 10.8. The Balaban J connectivity index is 1.09. The first-order chi connectivity index (χ1) is 28.2. The first-order valence-corrected chi connectivity index (χ1v) is 18.8. The summed E-state index contributed by atoms with van der Waals surface area (Å²) >= 11 is 0. The minimum Gasteiger partial charge on any atom is -0.456 e. The molecule has 0 amide bonds. The standard InChI is InChI=1S/C51H32N4O2/c1-3-14-31(4-2)49-52-50(32-15-6-5-7-16-32)54-51(53-49)38-20-13-24-46-47(38)40-30-34(26-28-45(40)56-46)33-25-27-42-39(29-33)35-17-8-10-21-41(35)55(42)43-22-12-19-37-36-18-9-11-23-44(36)57-48(37)43/h3-30H,1-2H2/b31-14+. The van der Waals surface area contributed by atoms with Crippen LogP contribution >= 0.6 is 0 Å². The lowest BCUT2D eigenvalue weighted by atomic mass is 9.99. The second-order valence-corrected chi connectivity index (χ2v) is 14.1. The molecule has 4 heterocycles. The lowest BCUT2D eigenvalue weighted by Gasteiger charge is -2.10. The van der Waals surface area contributed by atoms with E-state index < -0.39 is 0 Å². The molecule has 7 aromatic carbocycles. The molecule has 0 aliphatic carbocycles. The monoisotopic (exact) mass is 732 g/mol. The van der Waals surface area contributed by atoms with Gasteiger partial charge in [0.1, 0.15) is 16.7 Å². The summed E-state index contributed by atoms with van der Waals surface area (Å²) in [5.74, 6) is 1.63. The predicted molar refractivity (Wildman–Crippen MR) is 233 cm³/mol. The molecular formula is C51H32N4O2. The van der Waals surface area contributed by atoms with Gasteiger partial charge in [-0.1, -0.05) is 135 Å². The summed E-state index contributed by atoms with van der Waals surface area (Å²) in [5.41, 5.74) is 11.2. The summed E-state index contributed by atoms with van der Waals surface area (Å²) in [7, 11) is 0. The van der Waals surface area contributed by atoms with Crippen LogP contribution in [0.2, 0.25) is 0 Å². The molecule has 0 radical (unpaired) electrons. The Kier molecular flexibility index (Phi) is 7.37. The van der Waals surface area contributed by atoms with Crippen LogP contribution in [-0.2, 0) is 0 Å². The Morgan fingerprint density at radius 3 is 2.05 bits per heavy atom. The molecule has 0 aliphatic rings. The van der Waals surface area contributed by atoms with E-state index in [4.69, 9.17) is 23.8 Å². The smallest absolute Gasteiger partial charge is 0.164 e. The van der Waals surface area contributed by atoms with Crippen LogP contribution in [-0.4, -0.2) is 19.5 Å². The van der Waals surface area contributed by atoms with Crippen molar-refractivity contribution >= 4 is 71.3 Å². The van der Waals surface area contributed by atoms with E-state index in [-0.39, 0.29) is 0 Å². The first-order valence-electron chi connectivity index (χ1n) is 18.8. The molecule has 0 fully saturated rings. The van der Waals surface area contributed by atoms with Crippen LogP contribution in [0.3, 0.4) is 0 Å². The summed E-state index contributed by atoms with van der Waals surface area (Å²) in [6, 6.07) is 52.3. The van der Waals surface area contributed by atoms with E-state index >= 15 is 0 Å². The van der Waals surface area contributed by atoms with Crippen molar-refractivity contribution in [2.75, 3.05) is 0 Å². The number of furan rings is 2. The van der Waals surface area contributed by atoms with Crippen LogP contribution in [0.1, 0.15) is 5.82 Å². The molecular weight excluding hydrogens is 701 g/mol. The van der Waals surface area contributed by atoms with Gasteiger partial charge in [0, 0.05) is 49.0 Å². The van der Waals surface area contributed by atoms with Crippen molar-refractivity contribution in [1.82, 2.24) is 19.5 Å². The van der Waals surface area contributed by atoms with E-state index in [1.54, 1.807) is 12.2 Å². The van der Waals surface area contributed by atoms with E-state index in [0.717, 1.165) is 93.8 Å². The van der Waals surface area contributed by atoms with Crippen molar-refractivity contribution in [2.24, 2.45) is 0 Å². The Hall–Kier alpha value is -7.83. The molecule has 6 nitrogen and oxygen atoms in total. The molecule has 0 saturated carbocycles. The second kappa shape index (κ2) is 12.9. The quantitative estimate of drug-likeness (QED) is 0.153. The number of aromatic nitrogens is 4. The molecule has 0 saturated heterocycles. The number of nitrogens with zero attached hydrogens (tertiary/aromatic N) is 4. The van der Waals surface area contributed by atoms with Gasteiger partial charge in [0.05, 0.1) is 16.7 Å². The van der Waals surface area contributed by atoms with Crippen LogP contribution in [0, 0.1) is 0 Å². The number of allylic oxidation sites excluding steroid dienone is 4. The summed E-state index contributed by atoms with van der Waals surface area (Å²) in [4.78, 5) is 14.9. The van der Waals surface area contributed by atoms with Gasteiger partial charge in [-0.25, -0.2) is 15.0 Å². The van der Waals surface area contributed by atoms with Crippen LogP contribution in [0.5, 0.6) is 0 Å². The molecule has 11 rings (SSSR count). The normalized spacial score (nSPS) is 12.1. The first kappa shape index (κ1) is 32.6. The minimum atomic E-state index is 0.517. The van der Waals surface area contributed by atoms with Crippen molar-refractivity contribution in [3.63, 3.8) is 0 Å². The fraction of sp³-hybridized carbons (Fsp3) is 0. The molecule has 0 spiro atoms. The third-order valence-electron chi connectivity index (χ3n) is 10.8. The fourth-order valence-electron chi connectivity index (χ4n) is 8.22. The molecule has 0 N–H and O–H groups in total. The fourth-order valence-corrected chi connectivity index (χ4v) is 8.22. The van der Waals surface area contributed by atoms with Gasteiger partial charge >= 0.3 is 0 Å². The Labute approximate surface area is 327 Å². The van der Waals surface area contributed by atoms with Crippen molar-refractivity contribution in [3.8, 4) is 39.6 Å². The lowest BCUT2D eigenvalue weighted by Crippen LogP contribution is -2.02. The number of hydrogen-bond acceptors (Lipinski definition) is 5. The highest BCUT2D eigenvalue weighted by atomic mass is 16.3. The zero-order valence-corrected chi connectivity index (χ0v) is 30.7. The summed E-state index contributed by atoms with van der Waals surface area (Å²) in [6.07, 6.45) is 5.31. The Morgan fingerprint density at radius 2 is 1.19 bits per heavy atom. The number of para-hydroxylation sites is 3. The molecule has 0 unspecified atom stereocenters. The minimum absolute atomic E-state index is 0.517. The average molecular weight is 733 g/mol. The molecule has 0 bridgehead atoms. The highest BCUT2D eigenvalue weighted by Crippen LogP contribution is 2.41. The van der Waals surface area contributed by atoms with Gasteiger partial charge in [-0.15, -0.1) is 0 Å². The van der Waals surface area contributed by atoms with Gasteiger partial charge in [0.15, 0.2) is 23.1 Å². The number of benzene rings is 7. The van der Waals surface area contributed by atoms with Crippen LogP contribution in [0.25, 0.3) is 111 Å². The maximum absolute atomic E-state index is 6.52. The van der Waals surface area contributed by atoms with Gasteiger partial charge in [-0.2, -0.15) is 0 Å². The molecule has 0 aliphatic heterocycles. The van der Waals surface area contributed by atoms with E-state index in [1.807, 2.05) is 66.7 Å². The maximum atomic E-state index is 6.52. The van der Waals surface area contributed by atoms with Crippen molar-refractivity contribution in [1.29, 1.82) is 0 Å². The highest BCUT2D eigenvalue weighted by molar-refractivity contribution is 6.15.